The standard InChI is InChI=1S/C16H26O3/c1-10-9-11-12(19-11)13(16(10,3)14(17)18)15(2)7-5-4-6-8-15/h10-13H,4-9H2,1-3H3,(H,17,18). The van der Waals surface area contributed by atoms with Gasteiger partial charge in [-0.15, -0.1) is 0 Å². The zero-order valence-corrected chi connectivity index (χ0v) is 12.3. The highest BCUT2D eigenvalue weighted by molar-refractivity contribution is 5.75. The van der Waals surface area contributed by atoms with Crippen LogP contribution in [0.3, 0.4) is 0 Å². The summed E-state index contributed by atoms with van der Waals surface area (Å²) in [7, 11) is 0. The fourth-order valence-electron chi connectivity index (χ4n) is 5.02. The first kappa shape index (κ1) is 13.4. The Labute approximate surface area is 115 Å². The molecular formula is C16H26O3. The Morgan fingerprint density at radius 1 is 1.21 bits per heavy atom. The van der Waals surface area contributed by atoms with Crippen LogP contribution in [-0.4, -0.2) is 23.3 Å². The van der Waals surface area contributed by atoms with E-state index < -0.39 is 11.4 Å². The highest BCUT2D eigenvalue weighted by Crippen LogP contribution is 2.62. The first-order chi connectivity index (χ1) is 8.89. The Hall–Kier alpha value is -0.570. The van der Waals surface area contributed by atoms with Gasteiger partial charge < -0.3 is 9.84 Å². The number of fused-ring (bicyclic) bond motifs is 1. The molecule has 1 aliphatic heterocycles. The van der Waals surface area contributed by atoms with Crippen molar-refractivity contribution >= 4 is 5.97 Å². The highest BCUT2D eigenvalue weighted by atomic mass is 16.6. The van der Waals surface area contributed by atoms with Gasteiger partial charge in [0, 0.05) is 5.92 Å². The third-order valence-electron chi connectivity index (χ3n) is 6.41. The van der Waals surface area contributed by atoms with E-state index in [-0.39, 0.29) is 23.4 Å². The van der Waals surface area contributed by atoms with Crippen molar-refractivity contribution in [2.45, 2.75) is 71.5 Å². The summed E-state index contributed by atoms with van der Waals surface area (Å²) in [5.41, 5.74) is -0.469. The van der Waals surface area contributed by atoms with Gasteiger partial charge in [0.1, 0.15) is 0 Å². The molecule has 0 aromatic carbocycles. The van der Waals surface area contributed by atoms with Crippen molar-refractivity contribution in [1.29, 1.82) is 0 Å². The molecule has 1 heterocycles. The molecule has 0 aromatic heterocycles. The van der Waals surface area contributed by atoms with Crippen LogP contribution in [0.15, 0.2) is 0 Å². The van der Waals surface area contributed by atoms with Crippen molar-refractivity contribution in [3.05, 3.63) is 0 Å². The topological polar surface area (TPSA) is 49.8 Å². The molecule has 5 atom stereocenters. The van der Waals surface area contributed by atoms with E-state index in [4.69, 9.17) is 4.74 Å². The van der Waals surface area contributed by atoms with Gasteiger partial charge in [-0.1, -0.05) is 33.1 Å². The summed E-state index contributed by atoms with van der Waals surface area (Å²) in [5.74, 6) is -0.227. The van der Waals surface area contributed by atoms with Gasteiger partial charge in [0.25, 0.3) is 0 Å². The van der Waals surface area contributed by atoms with Crippen molar-refractivity contribution in [2.24, 2.45) is 22.7 Å². The molecule has 2 aliphatic carbocycles. The minimum absolute atomic E-state index is 0.152. The van der Waals surface area contributed by atoms with Crippen molar-refractivity contribution in [3.8, 4) is 0 Å². The summed E-state index contributed by atoms with van der Waals surface area (Å²) < 4.78 is 5.86. The fraction of sp³-hybridized carbons (Fsp3) is 0.938. The summed E-state index contributed by atoms with van der Waals surface area (Å²) in [6.45, 7) is 6.39. The zero-order valence-electron chi connectivity index (χ0n) is 12.3. The average molecular weight is 266 g/mol. The minimum atomic E-state index is -0.621. The Morgan fingerprint density at radius 2 is 1.84 bits per heavy atom. The molecule has 0 amide bonds. The summed E-state index contributed by atoms with van der Waals surface area (Å²) in [6.07, 6.45) is 7.59. The van der Waals surface area contributed by atoms with E-state index in [9.17, 15) is 9.90 Å². The lowest BCUT2D eigenvalue weighted by Gasteiger charge is -2.51. The van der Waals surface area contributed by atoms with Crippen LogP contribution >= 0.6 is 0 Å². The molecule has 3 nitrogen and oxygen atoms in total. The molecule has 2 saturated carbocycles. The van der Waals surface area contributed by atoms with Crippen molar-refractivity contribution in [1.82, 2.24) is 0 Å². The lowest BCUT2D eigenvalue weighted by atomic mass is 9.51. The van der Waals surface area contributed by atoms with E-state index in [1.54, 1.807) is 0 Å². The van der Waals surface area contributed by atoms with Gasteiger partial charge in [-0.2, -0.15) is 0 Å². The molecule has 3 heteroatoms. The molecule has 3 aliphatic rings. The first-order valence-corrected chi connectivity index (χ1v) is 7.78. The van der Waals surface area contributed by atoms with E-state index in [0.717, 1.165) is 6.42 Å². The minimum Gasteiger partial charge on any atom is -0.481 e. The van der Waals surface area contributed by atoms with E-state index in [2.05, 4.69) is 13.8 Å². The molecular weight excluding hydrogens is 240 g/mol. The van der Waals surface area contributed by atoms with Crippen LogP contribution < -0.4 is 0 Å². The maximum absolute atomic E-state index is 12.0. The fourth-order valence-corrected chi connectivity index (χ4v) is 5.02. The van der Waals surface area contributed by atoms with Crippen LogP contribution in [0.4, 0.5) is 0 Å². The summed E-state index contributed by atoms with van der Waals surface area (Å²) in [5, 5.41) is 9.86. The molecule has 1 N–H and O–H groups in total. The second kappa shape index (κ2) is 4.21. The maximum atomic E-state index is 12.0. The summed E-state index contributed by atoms with van der Waals surface area (Å²) in [6, 6.07) is 0. The summed E-state index contributed by atoms with van der Waals surface area (Å²) >= 11 is 0. The molecule has 1 saturated heterocycles. The third-order valence-corrected chi connectivity index (χ3v) is 6.41. The van der Waals surface area contributed by atoms with E-state index in [1.807, 2.05) is 6.92 Å². The first-order valence-electron chi connectivity index (χ1n) is 7.78. The van der Waals surface area contributed by atoms with E-state index in [0.29, 0.717) is 6.10 Å². The quantitative estimate of drug-likeness (QED) is 0.779. The Bertz CT molecular complexity index is 385. The number of carboxylic acids is 1. The Kier molecular flexibility index (Phi) is 2.97. The van der Waals surface area contributed by atoms with Gasteiger partial charge in [0.15, 0.2) is 0 Å². The second-order valence-electron chi connectivity index (χ2n) is 7.56. The molecule has 0 aromatic rings. The molecule has 0 radical (unpaired) electrons. The van der Waals surface area contributed by atoms with Gasteiger partial charge in [0.2, 0.25) is 0 Å². The van der Waals surface area contributed by atoms with E-state index in [1.165, 1.54) is 32.1 Å². The van der Waals surface area contributed by atoms with Crippen LogP contribution in [-0.2, 0) is 9.53 Å². The molecule has 108 valence electrons. The van der Waals surface area contributed by atoms with Crippen LogP contribution in [0.2, 0.25) is 0 Å². The smallest absolute Gasteiger partial charge is 0.310 e. The number of epoxide rings is 1. The number of rotatable bonds is 2. The number of carbonyl (C=O) groups is 1. The van der Waals surface area contributed by atoms with Crippen LogP contribution in [0.1, 0.15) is 59.3 Å². The monoisotopic (exact) mass is 266 g/mol. The normalized spacial score (nSPS) is 48.4. The molecule has 3 rings (SSSR count). The van der Waals surface area contributed by atoms with Crippen molar-refractivity contribution in [3.63, 3.8) is 0 Å². The second-order valence-corrected chi connectivity index (χ2v) is 7.56. The summed E-state index contributed by atoms with van der Waals surface area (Å²) in [4.78, 5) is 12.0. The molecule has 0 bridgehead atoms. The average Bonchev–Trinajstić information content (AvgIpc) is 3.08. The number of carboxylic acid groups (broad SMARTS) is 1. The van der Waals surface area contributed by atoms with Gasteiger partial charge >= 0.3 is 5.97 Å². The molecule has 0 spiro atoms. The van der Waals surface area contributed by atoms with Crippen molar-refractivity contribution < 1.29 is 14.6 Å². The van der Waals surface area contributed by atoms with Gasteiger partial charge in [-0.05, 0) is 37.5 Å². The van der Waals surface area contributed by atoms with Crippen molar-refractivity contribution in [2.75, 3.05) is 0 Å². The number of ether oxygens (including phenoxy) is 1. The molecule has 19 heavy (non-hydrogen) atoms. The van der Waals surface area contributed by atoms with Crippen LogP contribution in [0.5, 0.6) is 0 Å². The lowest BCUT2D eigenvalue weighted by Crippen LogP contribution is -2.54. The molecule has 5 unspecified atom stereocenters. The van der Waals surface area contributed by atoms with Gasteiger partial charge in [-0.25, -0.2) is 0 Å². The maximum Gasteiger partial charge on any atom is 0.310 e. The highest BCUT2D eigenvalue weighted by Gasteiger charge is 2.66. The zero-order chi connectivity index (χ0) is 13.8. The predicted molar refractivity (Wildman–Crippen MR) is 72.9 cm³/mol. The Balaban J connectivity index is 1.97. The van der Waals surface area contributed by atoms with Gasteiger partial charge in [-0.3, -0.25) is 4.79 Å². The molecule has 3 fully saturated rings. The Morgan fingerprint density at radius 3 is 2.42 bits per heavy atom. The van der Waals surface area contributed by atoms with Gasteiger partial charge in [0.05, 0.1) is 17.6 Å². The number of hydrogen-bond donors (Lipinski definition) is 1. The largest absolute Gasteiger partial charge is 0.481 e. The number of aliphatic carboxylic acids is 1. The number of hydrogen-bond acceptors (Lipinski definition) is 2. The lowest BCUT2D eigenvalue weighted by molar-refractivity contribution is -0.164. The SMILES string of the molecule is CC1CC2OC2C(C2(C)CCCCC2)C1(C)C(=O)O. The van der Waals surface area contributed by atoms with Crippen LogP contribution in [0.25, 0.3) is 0 Å². The van der Waals surface area contributed by atoms with E-state index >= 15 is 0 Å². The third kappa shape index (κ3) is 1.84. The van der Waals surface area contributed by atoms with Crippen LogP contribution in [0, 0.1) is 22.7 Å². The predicted octanol–water partition coefficient (Wildman–Crippen LogP) is 3.47.